The van der Waals surface area contributed by atoms with E-state index >= 15 is 0 Å². The minimum atomic E-state index is -0.650. The Balaban J connectivity index is 0.000000619. The molecule has 0 spiro atoms. The number of carbonyl (C=O) groups is 4. The first-order chi connectivity index (χ1) is 17.6. The van der Waals surface area contributed by atoms with Crippen LogP contribution in [-0.4, -0.2) is 75.7 Å². The number of aliphatic hydroxyl groups is 2. The van der Waals surface area contributed by atoms with Crippen LogP contribution in [0.5, 0.6) is 0 Å². The molecule has 37 heavy (non-hydrogen) atoms. The second-order valence-electron chi connectivity index (χ2n) is 6.24. The van der Waals surface area contributed by atoms with Crippen LogP contribution in [0.15, 0.2) is 40.9 Å². The van der Waals surface area contributed by atoms with E-state index in [0.717, 1.165) is 0 Å². The summed E-state index contributed by atoms with van der Waals surface area (Å²) in [7, 11) is 4.95. The van der Waals surface area contributed by atoms with Crippen LogP contribution in [0.3, 0.4) is 0 Å². The molecule has 0 saturated carbocycles. The van der Waals surface area contributed by atoms with Gasteiger partial charge in [-0.15, -0.1) is 6.42 Å². The maximum Gasteiger partial charge on any atom is 0.338 e. The summed E-state index contributed by atoms with van der Waals surface area (Å²) in [6.07, 6.45) is 4.53. The Bertz CT molecular complexity index is 1200. The van der Waals surface area contributed by atoms with Gasteiger partial charge in [0.25, 0.3) is 0 Å². The molecule has 0 amide bonds. The largest absolute Gasteiger partial charge is 0.465 e. The van der Waals surface area contributed by atoms with E-state index in [2.05, 4.69) is 53.1 Å². The summed E-state index contributed by atoms with van der Waals surface area (Å²) in [5.74, 6) is 4.66. The molecule has 2 aromatic carbocycles. The maximum atomic E-state index is 11.6. The van der Waals surface area contributed by atoms with Crippen molar-refractivity contribution in [2.45, 2.75) is 0 Å². The molecule has 2 aromatic rings. The molecule has 0 aliphatic heterocycles. The van der Waals surface area contributed by atoms with Crippen LogP contribution >= 0.6 is 15.9 Å². The normalized spacial score (nSPS) is 8.81. The third-order valence-corrected chi connectivity index (χ3v) is 4.52. The molecule has 11 heteroatoms. The van der Waals surface area contributed by atoms with Crippen LogP contribution in [0, 0.1) is 24.2 Å². The minimum absolute atomic E-state index is 0.0779. The number of ether oxygens (including phenoxy) is 4. The smallest absolute Gasteiger partial charge is 0.338 e. The number of halogens is 1. The van der Waals surface area contributed by atoms with E-state index in [0.29, 0.717) is 10.0 Å². The summed E-state index contributed by atoms with van der Waals surface area (Å²) in [5.41, 5.74) is 1.05. The van der Waals surface area contributed by atoms with E-state index in [-0.39, 0.29) is 35.5 Å². The number of methoxy groups -OCH3 is 4. The van der Waals surface area contributed by atoms with E-state index in [9.17, 15) is 19.2 Å². The third kappa shape index (κ3) is 11.0. The van der Waals surface area contributed by atoms with Gasteiger partial charge in [0.2, 0.25) is 0 Å². The fourth-order valence-electron chi connectivity index (χ4n) is 2.41. The van der Waals surface area contributed by atoms with Crippen molar-refractivity contribution in [2.24, 2.45) is 0 Å². The van der Waals surface area contributed by atoms with Crippen molar-refractivity contribution < 1.29 is 48.3 Å². The van der Waals surface area contributed by atoms with Crippen molar-refractivity contribution >= 4 is 39.8 Å². The number of hydrogen-bond acceptors (Lipinski definition) is 10. The molecule has 0 bridgehead atoms. The number of rotatable bonds is 4. The van der Waals surface area contributed by atoms with Gasteiger partial charge in [-0.2, -0.15) is 0 Å². The van der Waals surface area contributed by atoms with E-state index in [4.69, 9.17) is 10.2 Å². The number of esters is 4. The molecule has 0 heterocycles. The van der Waals surface area contributed by atoms with E-state index in [1.54, 1.807) is 12.1 Å². The average molecular weight is 577 g/mol. The number of benzene rings is 2. The minimum Gasteiger partial charge on any atom is -0.465 e. The lowest BCUT2D eigenvalue weighted by Crippen LogP contribution is -2.12. The van der Waals surface area contributed by atoms with Crippen LogP contribution in [0.4, 0.5) is 0 Å². The second kappa shape index (κ2) is 18.2. The van der Waals surface area contributed by atoms with Gasteiger partial charge in [0.15, 0.2) is 0 Å². The predicted octanol–water partition coefficient (Wildman–Crippen LogP) is 2.24. The molecular formula is C26H25BrO10. The van der Waals surface area contributed by atoms with Crippen molar-refractivity contribution in [3.63, 3.8) is 0 Å². The topological polar surface area (TPSA) is 146 Å². The molecule has 2 rings (SSSR count). The Morgan fingerprint density at radius 2 is 1.14 bits per heavy atom. The standard InChI is InChI=1S/C13H12O5.C10H9BrO4.C3H4O/c1-17-12(15)10-6-5-9(4-3-7-14)8-11(10)13(16)18-2;1-14-9(12)7-4-3-6(11)5-8(7)10(13)15-2;1-2-3-4/h5-6,8,14H,7H2,1-2H3;3-5H,1-2H3;1,4H,3H2. The molecular weight excluding hydrogens is 552 g/mol. The zero-order valence-corrected chi connectivity index (χ0v) is 22.1. The monoisotopic (exact) mass is 576 g/mol. The lowest BCUT2D eigenvalue weighted by Gasteiger charge is -2.06. The highest BCUT2D eigenvalue weighted by atomic mass is 79.9. The lowest BCUT2D eigenvalue weighted by atomic mass is 10.0. The average Bonchev–Trinajstić information content (AvgIpc) is 2.94. The summed E-state index contributed by atoms with van der Waals surface area (Å²) < 4.78 is 19.0. The van der Waals surface area contributed by atoms with Gasteiger partial charge in [-0.05, 0) is 36.4 Å². The maximum absolute atomic E-state index is 11.6. The van der Waals surface area contributed by atoms with E-state index < -0.39 is 23.9 Å². The number of hydrogen-bond donors (Lipinski definition) is 2. The molecule has 0 saturated heterocycles. The Kier molecular flexibility index (Phi) is 16.1. The van der Waals surface area contributed by atoms with Crippen molar-refractivity contribution in [2.75, 3.05) is 41.7 Å². The molecule has 0 aliphatic rings. The summed E-state index contributed by atoms with van der Waals surface area (Å²) in [5, 5.41) is 16.2. The van der Waals surface area contributed by atoms with Crippen LogP contribution in [0.1, 0.15) is 47.0 Å². The number of carbonyl (C=O) groups excluding carboxylic acids is 4. The molecule has 10 nitrogen and oxygen atoms in total. The molecule has 0 atom stereocenters. The van der Waals surface area contributed by atoms with Crippen LogP contribution in [0.2, 0.25) is 0 Å². The molecule has 0 aromatic heterocycles. The van der Waals surface area contributed by atoms with Crippen molar-refractivity contribution in [1.82, 2.24) is 0 Å². The van der Waals surface area contributed by atoms with Gasteiger partial charge in [-0.25, -0.2) is 19.2 Å². The summed E-state index contributed by atoms with van der Waals surface area (Å²) in [4.78, 5) is 45.7. The zero-order chi connectivity index (χ0) is 28.4. The van der Waals surface area contributed by atoms with Gasteiger partial charge in [-0.1, -0.05) is 33.7 Å². The van der Waals surface area contributed by atoms with Gasteiger partial charge in [0.05, 0.1) is 50.7 Å². The molecule has 0 fully saturated rings. The van der Waals surface area contributed by atoms with Gasteiger partial charge in [-0.3, -0.25) is 0 Å². The summed E-state index contributed by atoms with van der Waals surface area (Å²) in [6, 6.07) is 9.07. The molecule has 2 N–H and O–H groups in total. The van der Waals surface area contributed by atoms with Crippen LogP contribution in [0.25, 0.3) is 0 Å². The molecule has 196 valence electrons. The van der Waals surface area contributed by atoms with E-state index in [1.807, 2.05) is 5.92 Å². The fraction of sp³-hybridized carbons (Fsp3) is 0.231. The number of aliphatic hydroxyl groups excluding tert-OH is 2. The molecule has 0 radical (unpaired) electrons. The van der Waals surface area contributed by atoms with Gasteiger partial charge in [0, 0.05) is 10.0 Å². The SMILES string of the molecule is C#CCO.COC(=O)c1ccc(Br)cc1C(=O)OC.COC(=O)c1ccc(C#CCO)cc1C(=O)OC. The Morgan fingerprint density at radius 3 is 1.54 bits per heavy atom. The summed E-state index contributed by atoms with van der Waals surface area (Å²) in [6.45, 7) is -0.438. The fourth-order valence-corrected chi connectivity index (χ4v) is 2.77. The first kappa shape index (κ1) is 32.8. The van der Waals surface area contributed by atoms with Gasteiger partial charge < -0.3 is 29.2 Å². The van der Waals surface area contributed by atoms with Crippen molar-refractivity contribution in [1.29, 1.82) is 0 Å². The van der Waals surface area contributed by atoms with Crippen LogP contribution < -0.4 is 0 Å². The highest BCUT2D eigenvalue weighted by Crippen LogP contribution is 2.18. The lowest BCUT2D eigenvalue weighted by molar-refractivity contribution is 0.0555. The number of terminal acetylenes is 1. The Morgan fingerprint density at radius 1 is 0.730 bits per heavy atom. The van der Waals surface area contributed by atoms with Gasteiger partial charge >= 0.3 is 23.9 Å². The van der Waals surface area contributed by atoms with Gasteiger partial charge in [0.1, 0.15) is 13.2 Å². The second-order valence-corrected chi connectivity index (χ2v) is 7.15. The molecule has 0 aliphatic carbocycles. The zero-order valence-electron chi connectivity index (χ0n) is 20.5. The highest BCUT2D eigenvalue weighted by molar-refractivity contribution is 9.10. The van der Waals surface area contributed by atoms with E-state index in [1.165, 1.54) is 52.7 Å². The first-order valence-electron chi connectivity index (χ1n) is 10.1. The third-order valence-electron chi connectivity index (χ3n) is 4.03. The van der Waals surface area contributed by atoms with Crippen molar-refractivity contribution in [3.8, 4) is 24.2 Å². The quantitative estimate of drug-likeness (QED) is 0.315. The predicted molar refractivity (Wildman–Crippen MR) is 136 cm³/mol. The Hall–Kier alpha value is -4.16. The van der Waals surface area contributed by atoms with Crippen molar-refractivity contribution in [3.05, 3.63) is 68.7 Å². The molecule has 0 unspecified atom stereocenters. The summed E-state index contributed by atoms with van der Waals surface area (Å²) >= 11 is 3.20. The van der Waals surface area contributed by atoms with Crippen LogP contribution in [-0.2, 0) is 18.9 Å². The first-order valence-corrected chi connectivity index (χ1v) is 10.9. The highest BCUT2D eigenvalue weighted by Gasteiger charge is 2.19. The Labute approximate surface area is 222 Å².